The summed E-state index contributed by atoms with van der Waals surface area (Å²) in [6.07, 6.45) is 0. The van der Waals surface area contributed by atoms with Gasteiger partial charge in [-0.15, -0.1) is 0 Å². The molecule has 0 amide bonds. The summed E-state index contributed by atoms with van der Waals surface area (Å²) in [5, 5.41) is 3.37. The first-order valence-electron chi connectivity index (χ1n) is 5.81. The Morgan fingerprint density at radius 3 is 2.69 bits per heavy atom. The molecule has 0 unspecified atom stereocenters. The second-order valence-electron chi connectivity index (χ2n) is 4.59. The number of nitrogens with two attached hydrogens (primary N) is 1. The number of anilines is 2. The van der Waals surface area contributed by atoms with E-state index in [9.17, 15) is 0 Å². The Balaban J connectivity index is 2.45. The van der Waals surface area contributed by atoms with E-state index in [2.05, 4.69) is 44.1 Å². The number of nitrogen functional groups attached to an aromatic ring is 1. The molecule has 0 fully saturated rings. The summed E-state index contributed by atoms with van der Waals surface area (Å²) < 4.78 is 0. The molecule has 0 saturated carbocycles. The van der Waals surface area contributed by atoms with E-state index in [4.69, 9.17) is 5.73 Å². The highest BCUT2D eigenvalue weighted by molar-refractivity contribution is 5.66. The van der Waals surface area contributed by atoms with E-state index >= 15 is 0 Å². The van der Waals surface area contributed by atoms with Gasteiger partial charge in [-0.2, -0.15) is 0 Å². The Morgan fingerprint density at radius 1 is 1.38 bits per heavy atom. The summed E-state index contributed by atoms with van der Waals surface area (Å²) in [4.78, 5) is 2.30. The van der Waals surface area contributed by atoms with E-state index in [0.717, 1.165) is 24.5 Å². The summed E-state index contributed by atoms with van der Waals surface area (Å²) >= 11 is 0. The first-order valence-corrected chi connectivity index (χ1v) is 5.81. The molecule has 1 aromatic carbocycles. The molecule has 16 heavy (non-hydrogen) atoms. The van der Waals surface area contributed by atoms with Crippen molar-refractivity contribution in [1.82, 2.24) is 4.90 Å². The third-order valence-corrected chi connectivity index (χ3v) is 2.87. The van der Waals surface area contributed by atoms with Crippen LogP contribution in [0, 0.1) is 6.92 Å². The maximum atomic E-state index is 5.89. The van der Waals surface area contributed by atoms with E-state index in [1.807, 2.05) is 12.1 Å². The van der Waals surface area contributed by atoms with Crippen molar-refractivity contribution in [2.75, 3.05) is 31.2 Å². The zero-order valence-electron chi connectivity index (χ0n) is 10.7. The minimum absolute atomic E-state index is 0.580. The van der Waals surface area contributed by atoms with Crippen LogP contribution in [0.2, 0.25) is 0 Å². The second-order valence-corrected chi connectivity index (χ2v) is 4.59. The molecule has 0 saturated heterocycles. The number of hydrogen-bond donors (Lipinski definition) is 2. The van der Waals surface area contributed by atoms with Gasteiger partial charge in [0.25, 0.3) is 0 Å². The van der Waals surface area contributed by atoms with Gasteiger partial charge in [0.05, 0.1) is 11.4 Å². The van der Waals surface area contributed by atoms with E-state index in [1.54, 1.807) is 0 Å². The minimum Gasteiger partial charge on any atom is -0.397 e. The van der Waals surface area contributed by atoms with Crippen molar-refractivity contribution in [3.8, 4) is 0 Å². The van der Waals surface area contributed by atoms with Gasteiger partial charge in [0.2, 0.25) is 0 Å². The van der Waals surface area contributed by atoms with E-state index in [-0.39, 0.29) is 0 Å². The van der Waals surface area contributed by atoms with Crippen LogP contribution in [-0.2, 0) is 0 Å². The topological polar surface area (TPSA) is 41.3 Å². The van der Waals surface area contributed by atoms with Crippen molar-refractivity contribution >= 4 is 11.4 Å². The van der Waals surface area contributed by atoms with Gasteiger partial charge < -0.3 is 16.0 Å². The predicted molar refractivity (Wildman–Crippen MR) is 71.8 cm³/mol. The first-order chi connectivity index (χ1) is 7.50. The average molecular weight is 221 g/mol. The van der Waals surface area contributed by atoms with Gasteiger partial charge in [0.1, 0.15) is 0 Å². The van der Waals surface area contributed by atoms with Crippen molar-refractivity contribution in [2.45, 2.75) is 26.8 Å². The molecule has 1 aromatic rings. The Bertz CT molecular complexity index is 334. The average Bonchev–Trinajstić information content (AvgIpc) is 2.22. The third kappa shape index (κ3) is 3.74. The summed E-state index contributed by atoms with van der Waals surface area (Å²) in [7, 11) is 2.13. The van der Waals surface area contributed by atoms with Gasteiger partial charge >= 0.3 is 0 Å². The monoisotopic (exact) mass is 221 g/mol. The molecule has 0 bridgehead atoms. The highest BCUT2D eigenvalue weighted by Crippen LogP contribution is 2.19. The van der Waals surface area contributed by atoms with E-state index < -0.39 is 0 Å². The highest BCUT2D eigenvalue weighted by atomic mass is 15.1. The molecule has 0 heterocycles. The quantitative estimate of drug-likeness (QED) is 0.750. The second kappa shape index (κ2) is 5.75. The zero-order valence-corrected chi connectivity index (χ0v) is 10.7. The minimum atomic E-state index is 0.580. The van der Waals surface area contributed by atoms with Crippen LogP contribution in [-0.4, -0.2) is 31.1 Å². The molecule has 0 aliphatic rings. The Labute approximate surface area is 98.6 Å². The van der Waals surface area contributed by atoms with E-state index in [1.165, 1.54) is 5.56 Å². The Hall–Kier alpha value is -1.22. The van der Waals surface area contributed by atoms with Crippen molar-refractivity contribution in [1.29, 1.82) is 0 Å². The SMILES string of the molecule is Cc1ccc(N)c(NCCN(C)C(C)C)c1. The summed E-state index contributed by atoms with van der Waals surface area (Å²) in [6.45, 7) is 8.40. The number of rotatable bonds is 5. The summed E-state index contributed by atoms with van der Waals surface area (Å²) in [5.74, 6) is 0. The largest absolute Gasteiger partial charge is 0.397 e. The molecule has 0 radical (unpaired) electrons. The lowest BCUT2D eigenvalue weighted by Crippen LogP contribution is -2.31. The molecule has 0 atom stereocenters. The molecular formula is C13H23N3. The van der Waals surface area contributed by atoms with Crippen LogP contribution in [0.15, 0.2) is 18.2 Å². The number of likely N-dealkylation sites (N-methyl/N-ethyl adjacent to an activating group) is 1. The zero-order chi connectivity index (χ0) is 12.1. The number of benzene rings is 1. The van der Waals surface area contributed by atoms with Crippen molar-refractivity contribution in [2.24, 2.45) is 0 Å². The fraction of sp³-hybridized carbons (Fsp3) is 0.538. The molecule has 0 aromatic heterocycles. The lowest BCUT2D eigenvalue weighted by Gasteiger charge is -2.21. The Morgan fingerprint density at radius 2 is 2.06 bits per heavy atom. The number of nitrogens with zero attached hydrogens (tertiary/aromatic N) is 1. The Kier molecular flexibility index (Phi) is 4.62. The smallest absolute Gasteiger partial charge is 0.0577 e. The maximum absolute atomic E-state index is 5.89. The van der Waals surface area contributed by atoms with Gasteiger partial charge in [-0.3, -0.25) is 0 Å². The first kappa shape index (κ1) is 12.8. The molecule has 0 spiro atoms. The molecule has 90 valence electrons. The standard InChI is InChI=1S/C13H23N3/c1-10(2)16(4)8-7-15-13-9-11(3)5-6-12(13)14/h5-6,9-10,15H,7-8,14H2,1-4H3. The van der Waals surface area contributed by atoms with Crippen molar-refractivity contribution < 1.29 is 0 Å². The molecular weight excluding hydrogens is 198 g/mol. The van der Waals surface area contributed by atoms with Crippen LogP contribution < -0.4 is 11.1 Å². The van der Waals surface area contributed by atoms with Crippen LogP contribution in [0.3, 0.4) is 0 Å². The molecule has 3 nitrogen and oxygen atoms in total. The van der Waals surface area contributed by atoms with Gasteiger partial charge in [-0.1, -0.05) is 6.07 Å². The molecule has 1 rings (SSSR count). The van der Waals surface area contributed by atoms with Crippen LogP contribution >= 0.6 is 0 Å². The maximum Gasteiger partial charge on any atom is 0.0577 e. The van der Waals surface area contributed by atoms with Crippen LogP contribution in [0.4, 0.5) is 11.4 Å². The number of aryl methyl sites for hydroxylation is 1. The van der Waals surface area contributed by atoms with Gasteiger partial charge in [0.15, 0.2) is 0 Å². The molecule has 0 aliphatic heterocycles. The fourth-order valence-corrected chi connectivity index (χ4v) is 1.45. The van der Waals surface area contributed by atoms with Crippen molar-refractivity contribution in [3.63, 3.8) is 0 Å². The van der Waals surface area contributed by atoms with Crippen LogP contribution in [0.1, 0.15) is 19.4 Å². The summed E-state index contributed by atoms with van der Waals surface area (Å²) in [5.41, 5.74) is 8.98. The van der Waals surface area contributed by atoms with E-state index in [0.29, 0.717) is 6.04 Å². The fourth-order valence-electron chi connectivity index (χ4n) is 1.45. The lowest BCUT2D eigenvalue weighted by molar-refractivity contribution is 0.284. The lowest BCUT2D eigenvalue weighted by atomic mass is 10.2. The third-order valence-electron chi connectivity index (χ3n) is 2.87. The van der Waals surface area contributed by atoms with Gasteiger partial charge in [0, 0.05) is 19.1 Å². The molecule has 3 N–H and O–H groups in total. The normalized spacial score (nSPS) is 11.1. The molecule has 0 aliphatic carbocycles. The van der Waals surface area contributed by atoms with Crippen LogP contribution in [0.25, 0.3) is 0 Å². The predicted octanol–water partition coefficient (Wildman–Crippen LogP) is 2.33. The number of hydrogen-bond acceptors (Lipinski definition) is 3. The highest BCUT2D eigenvalue weighted by Gasteiger charge is 2.03. The van der Waals surface area contributed by atoms with Gasteiger partial charge in [-0.25, -0.2) is 0 Å². The van der Waals surface area contributed by atoms with Crippen LogP contribution in [0.5, 0.6) is 0 Å². The number of nitrogens with one attached hydrogen (secondary N) is 1. The molecule has 3 heteroatoms. The summed E-state index contributed by atoms with van der Waals surface area (Å²) in [6, 6.07) is 6.65. The van der Waals surface area contributed by atoms with Crippen molar-refractivity contribution in [3.05, 3.63) is 23.8 Å². The van der Waals surface area contributed by atoms with Gasteiger partial charge in [-0.05, 0) is 45.5 Å².